The normalized spacial score (nSPS) is 11.3. The maximum Gasteiger partial charge on any atom is 0.330 e. The highest BCUT2D eigenvalue weighted by Crippen LogP contribution is 2.13. The fraction of sp³-hybridized carbons (Fsp3) is 0.267. The number of hydrogen-bond acceptors (Lipinski definition) is 3. The van der Waals surface area contributed by atoms with E-state index in [0.29, 0.717) is 5.92 Å². The molecule has 1 aromatic rings. The van der Waals surface area contributed by atoms with Gasteiger partial charge in [-0.25, -0.2) is 4.79 Å². The minimum Gasteiger partial charge on any atom is -0.466 e. The van der Waals surface area contributed by atoms with Crippen LogP contribution in [-0.4, -0.2) is 13.1 Å². The Morgan fingerprint density at radius 3 is 2.44 bits per heavy atom. The Bertz CT molecular complexity index is 428. The van der Waals surface area contributed by atoms with Crippen molar-refractivity contribution in [2.75, 3.05) is 7.11 Å². The van der Waals surface area contributed by atoms with Crippen LogP contribution in [0.1, 0.15) is 19.4 Å². The van der Waals surface area contributed by atoms with Crippen molar-refractivity contribution in [1.82, 2.24) is 0 Å². The van der Waals surface area contributed by atoms with E-state index in [9.17, 15) is 4.79 Å². The van der Waals surface area contributed by atoms with Gasteiger partial charge >= 0.3 is 5.97 Å². The van der Waals surface area contributed by atoms with Crippen LogP contribution in [0.25, 0.3) is 6.08 Å². The molecule has 0 saturated carbocycles. The van der Waals surface area contributed by atoms with Gasteiger partial charge in [0.2, 0.25) is 0 Å². The van der Waals surface area contributed by atoms with Crippen molar-refractivity contribution in [1.29, 1.82) is 0 Å². The van der Waals surface area contributed by atoms with E-state index in [1.165, 1.54) is 13.2 Å². The van der Waals surface area contributed by atoms with Crippen LogP contribution < -0.4 is 4.74 Å². The Morgan fingerprint density at radius 1 is 1.22 bits per heavy atom. The molecule has 0 saturated heterocycles. The summed E-state index contributed by atoms with van der Waals surface area (Å²) in [7, 11) is 1.35. The summed E-state index contributed by atoms with van der Waals surface area (Å²) in [6.45, 7) is 4.17. The third-order valence-corrected chi connectivity index (χ3v) is 2.16. The Morgan fingerprint density at radius 2 is 1.89 bits per heavy atom. The van der Waals surface area contributed by atoms with E-state index in [1.54, 1.807) is 12.3 Å². The van der Waals surface area contributed by atoms with Crippen molar-refractivity contribution in [3.8, 4) is 5.75 Å². The summed E-state index contributed by atoms with van der Waals surface area (Å²) in [5, 5.41) is 0. The SMILES string of the molecule is COC(=O)C=Cc1ccc(OC=CC(C)C)cc1. The number of carbonyl (C=O) groups excluding carboxylic acids is 1. The highest BCUT2D eigenvalue weighted by Gasteiger charge is 1.94. The molecule has 0 N–H and O–H groups in total. The molecule has 0 atom stereocenters. The van der Waals surface area contributed by atoms with Crippen molar-refractivity contribution in [2.24, 2.45) is 5.92 Å². The molecule has 96 valence electrons. The average molecular weight is 246 g/mol. The molecule has 0 aliphatic heterocycles. The zero-order valence-corrected chi connectivity index (χ0v) is 10.9. The zero-order valence-electron chi connectivity index (χ0n) is 10.9. The van der Waals surface area contributed by atoms with Crippen molar-refractivity contribution in [2.45, 2.75) is 13.8 Å². The van der Waals surface area contributed by atoms with E-state index in [0.717, 1.165) is 11.3 Å². The summed E-state index contributed by atoms with van der Waals surface area (Å²) in [5.41, 5.74) is 0.917. The number of rotatable bonds is 5. The molecular formula is C15H18O3. The molecule has 0 heterocycles. The molecular weight excluding hydrogens is 228 g/mol. The summed E-state index contributed by atoms with van der Waals surface area (Å²) in [4.78, 5) is 10.9. The van der Waals surface area contributed by atoms with Gasteiger partial charge in [0, 0.05) is 6.08 Å². The van der Waals surface area contributed by atoms with E-state index in [1.807, 2.05) is 30.3 Å². The van der Waals surface area contributed by atoms with Gasteiger partial charge in [-0.3, -0.25) is 0 Å². The van der Waals surface area contributed by atoms with Gasteiger partial charge in [0.1, 0.15) is 5.75 Å². The molecule has 0 unspecified atom stereocenters. The van der Waals surface area contributed by atoms with Gasteiger partial charge in [-0.1, -0.05) is 26.0 Å². The third kappa shape index (κ3) is 5.34. The highest BCUT2D eigenvalue weighted by molar-refractivity contribution is 5.86. The average Bonchev–Trinajstić information content (AvgIpc) is 2.37. The van der Waals surface area contributed by atoms with Crippen LogP contribution >= 0.6 is 0 Å². The molecule has 3 nitrogen and oxygen atoms in total. The second-order valence-corrected chi connectivity index (χ2v) is 4.12. The molecule has 18 heavy (non-hydrogen) atoms. The summed E-state index contributed by atoms with van der Waals surface area (Å²) >= 11 is 0. The molecule has 0 aromatic heterocycles. The lowest BCUT2D eigenvalue weighted by molar-refractivity contribution is -0.134. The van der Waals surface area contributed by atoms with E-state index in [4.69, 9.17) is 4.74 Å². The van der Waals surface area contributed by atoms with Crippen LogP contribution in [0, 0.1) is 5.92 Å². The standard InChI is InChI=1S/C15H18O3/c1-12(2)10-11-18-14-7-4-13(5-8-14)6-9-15(16)17-3/h4-12H,1-3H3. The molecule has 1 aromatic carbocycles. The van der Waals surface area contributed by atoms with Gasteiger partial charge < -0.3 is 9.47 Å². The molecule has 0 aliphatic carbocycles. The number of methoxy groups -OCH3 is 1. The Labute approximate surface area is 108 Å². The summed E-state index contributed by atoms with van der Waals surface area (Å²) < 4.78 is 9.93. The molecule has 0 bridgehead atoms. The van der Waals surface area contributed by atoms with Gasteiger partial charge in [-0.05, 0) is 35.8 Å². The highest BCUT2D eigenvalue weighted by atomic mass is 16.5. The second kappa shape index (κ2) is 7.33. The topological polar surface area (TPSA) is 35.5 Å². The van der Waals surface area contributed by atoms with Gasteiger partial charge in [-0.15, -0.1) is 0 Å². The first kappa shape index (κ1) is 14.0. The molecule has 0 aliphatic rings. The fourth-order valence-electron chi connectivity index (χ4n) is 1.16. The van der Waals surface area contributed by atoms with Crippen LogP contribution in [0.5, 0.6) is 5.75 Å². The van der Waals surface area contributed by atoms with Crippen LogP contribution in [0.4, 0.5) is 0 Å². The van der Waals surface area contributed by atoms with Crippen molar-refractivity contribution >= 4 is 12.0 Å². The lowest BCUT2D eigenvalue weighted by Crippen LogP contribution is -1.93. The van der Waals surface area contributed by atoms with Crippen LogP contribution in [-0.2, 0) is 9.53 Å². The van der Waals surface area contributed by atoms with E-state index in [-0.39, 0.29) is 5.97 Å². The fourth-order valence-corrected chi connectivity index (χ4v) is 1.16. The molecule has 0 amide bonds. The van der Waals surface area contributed by atoms with Crippen molar-refractivity contribution in [3.05, 3.63) is 48.2 Å². The number of esters is 1. The van der Waals surface area contributed by atoms with Gasteiger partial charge in [-0.2, -0.15) is 0 Å². The first-order valence-electron chi connectivity index (χ1n) is 5.81. The van der Waals surface area contributed by atoms with Gasteiger partial charge in [0.25, 0.3) is 0 Å². The molecule has 3 heteroatoms. The lowest BCUT2D eigenvalue weighted by Gasteiger charge is -2.01. The van der Waals surface area contributed by atoms with E-state index in [2.05, 4.69) is 18.6 Å². The summed E-state index contributed by atoms with van der Waals surface area (Å²) in [6, 6.07) is 7.44. The van der Waals surface area contributed by atoms with Crippen LogP contribution in [0.3, 0.4) is 0 Å². The lowest BCUT2D eigenvalue weighted by atomic mass is 10.2. The second-order valence-electron chi connectivity index (χ2n) is 4.12. The number of hydrogen-bond donors (Lipinski definition) is 0. The van der Waals surface area contributed by atoms with Gasteiger partial charge in [0.15, 0.2) is 0 Å². The smallest absolute Gasteiger partial charge is 0.330 e. The first-order valence-corrected chi connectivity index (χ1v) is 5.81. The maximum atomic E-state index is 10.9. The van der Waals surface area contributed by atoms with E-state index < -0.39 is 0 Å². The molecule has 1 rings (SSSR count). The molecule has 0 fully saturated rings. The van der Waals surface area contributed by atoms with E-state index >= 15 is 0 Å². The predicted molar refractivity (Wildman–Crippen MR) is 72.1 cm³/mol. The number of ether oxygens (including phenoxy) is 2. The van der Waals surface area contributed by atoms with Crippen molar-refractivity contribution in [3.63, 3.8) is 0 Å². The molecule has 0 radical (unpaired) electrons. The van der Waals surface area contributed by atoms with Crippen LogP contribution in [0.2, 0.25) is 0 Å². The number of benzene rings is 1. The predicted octanol–water partition coefficient (Wildman–Crippen LogP) is 3.42. The monoisotopic (exact) mass is 246 g/mol. The quantitative estimate of drug-likeness (QED) is 0.453. The van der Waals surface area contributed by atoms with Gasteiger partial charge in [0.05, 0.1) is 13.4 Å². The minimum absolute atomic E-state index is 0.366. The summed E-state index contributed by atoms with van der Waals surface area (Å²) in [6.07, 6.45) is 6.74. The minimum atomic E-state index is -0.366. The number of allylic oxidation sites excluding steroid dienone is 1. The maximum absolute atomic E-state index is 10.9. The Kier molecular flexibility index (Phi) is 5.71. The third-order valence-electron chi connectivity index (χ3n) is 2.16. The summed E-state index contributed by atoms with van der Waals surface area (Å²) in [5.74, 6) is 0.865. The Balaban J connectivity index is 2.57. The number of carbonyl (C=O) groups is 1. The zero-order chi connectivity index (χ0) is 13.4. The van der Waals surface area contributed by atoms with Crippen molar-refractivity contribution < 1.29 is 14.3 Å². The van der Waals surface area contributed by atoms with Crippen LogP contribution in [0.15, 0.2) is 42.7 Å². The Hall–Kier alpha value is -2.03. The molecule has 0 spiro atoms. The largest absolute Gasteiger partial charge is 0.466 e. The first-order chi connectivity index (χ1) is 8.61.